The van der Waals surface area contributed by atoms with E-state index in [1.54, 1.807) is 17.0 Å². The van der Waals surface area contributed by atoms with E-state index in [0.717, 1.165) is 22.6 Å². The van der Waals surface area contributed by atoms with Crippen molar-refractivity contribution in [2.24, 2.45) is 7.05 Å². The van der Waals surface area contributed by atoms with E-state index >= 15 is 0 Å². The van der Waals surface area contributed by atoms with Crippen molar-refractivity contribution < 1.29 is 19.4 Å². The number of phenols is 1. The molecule has 0 bridgehead atoms. The monoisotopic (exact) mass is 405 g/mol. The molecule has 0 radical (unpaired) electrons. The molecule has 5 rings (SSSR count). The summed E-state index contributed by atoms with van der Waals surface area (Å²) < 4.78 is 13.5. The Bertz CT molecular complexity index is 1130. The van der Waals surface area contributed by atoms with E-state index < -0.39 is 5.60 Å². The molecule has 3 aromatic rings. The number of piperidine rings is 1. The normalized spacial score (nSPS) is 16.5. The first-order valence-corrected chi connectivity index (χ1v) is 9.99. The number of nitrogens with zero attached hydrogens (tertiary/aromatic N) is 3. The minimum absolute atomic E-state index is 0.0722. The molecule has 1 fully saturated rings. The number of amides is 1. The molecule has 2 aliphatic heterocycles. The number of carbonyl (C=O) groups excluding carboxylic acids is 1. The highest BCUT2D eigenvalue weighted by Gasteiger charge is 2.46. The summed E-state index contributed by atoms with van der Waals surface area (Å²) in [6.45, 7) is 1.06. The minimum Gasteiger partial charge on any atom is -0.507 e. The summed E-state index contributed by atoms with van der Waals surface area (Å²) in [5, 5.41) is 14.7. The number of fused-ring (bicyclic) bond motifs is 4. The highest BCUT2D eigenvalue weighted by Crippen LogP contribution is 2.49. The Morgan fingerprint density at radius 3 is 2.70 bits per heavy atom. The molecule has 0 unspecified atom stereocenters. The standard InChI is InChI=1S/C23H23N3O4/c1-25-21-17-5-3-4-6-20(17)30-23(18(21)14-24-25)9-11-26(12-10-23)22(28)16-8-7-15(29-2)13-19(16)27/h3-8,13-14,27H,9-12H2,1-2H3. The van der Waals surface area contributed by atoms with Crippen LogP contribution in [0.5, 0.6) is 17.2 Å². The Kier molecular flexibility index (Phi) is 4.20. The number of carbonyl (C=O) groups is 1. The van der Waals surface area contributed by atoms with Crippen LogP contribution in [0.1, 0.15) is 28.8 Å². The van der Waals surface area contributed by atoms with Crippen LogP contribution in [-0.4, -0.2) is 45.9 Å². The fourth-order valence-electron chi connectivity index (χ4n) is 4.54. The van der Waals surface area contributed by atoms with Crippen LogP contribution in [-0.2, 0) is 12.6 Å². The number of hydrogen-bond acceptors (Lipinski definition) is 5. The lowest BCUT2D eigenvalue weighted by Crippen LogP contribution is -2.49. The van der Waals surface area contributed by atoms with Crippen molar-refractivity contribution in [2.45, 2.75) is 18.4 Å². The highest BCUT2D eigenvalue weighted by atomic mass is 16.5. The third-order valence-corrected chi connectivity index (χ3v) is 6.17. The van der Waals surface area contributed by atoms with Gasteiger partial charge in [-0.15, -0.1) is 0 Å². The topological polar surface area (TPSA) is 76.8 Å². The fourth-order valence-corrected chi connectivity index (χ4v) is 4.54. The summed E-state index contributed by atoms with van der Waals surface area (Å²) >= 11 is 0. The van der Waals surface area contributed by atoms with Gasteiger partial charge in [-0.2, -0.15) is 5.10 Å². The maximum atomic E-state index is 13.0. The summed E-state index contributed by atoms with van der Waals surface area (Å²) in [5.41, 5.74) is 2.97. The molecule has 1 amide bonds. The number of aryl methyl sites for hydroxylation is 1. The number of phenolic OH excluding ortho intramolecular Hbond substituents is 1. The summed E-state index contributed by atoms with van der Waals surface area (Å²) in [4.78, 5) is 14.8. The van der Waals surface area contributed by atoms with Gasteiger partial charge in [0.05, 0.1) is 24.6 Å². The van der Waals surface area contributed by atoms with Crippen LogP contribution in [0.15, 0.2) is 48.7 Å². The van der Waals surface area contributed by atoms with Gasteiger partial charge in [-0.1, -0.05) is 12.1 Å². The van der Waals surface area contributed by atoms with Gasteiger partial charge in [-0.05, 0) is 24.3 Å². The van der Waals surface area contributed by atoms with Crippen molar-refractivity contribution in [1.82, 2.24) is 14.7 Å². The zero-order chi connectivity index (χ0) is 20.9. The number of aromatic nitrogens is 2. The number of likely N-dealkylation sites (tertiary alicyclic amines) is 1. The lowest BCUT2D eigenvalue weighted by molar-refractivity contribution is -0.00178. The third kappa shape index (κ3) is 2.73. The van der Waals surface area contributed by atoms with Gasteiger partial charge in [-0.3, -0.25) is 9.48 Å². The summed E-state index contributed by atoms with van der Waals surface area (Å²) in [6.07, 6.45) is 3.20. The molecule has 1 saturated heterocycles. The first-order valence-electron chi connectivity index (χ1n) is 9.99. The molecule has 1 spiro atoms. The molecule has 2 aliphatic rings. The molecule has 7 heteroatoms. The van der Waals surface area contributed by atoms with Crippen molar-refractivity contribution in [3.8, 4) is 28.5 Å². The maximum absolute atomic E-state index is 13.0. The first-order chi connectivity index (χ1) is 14.5. The number of ether oxygens (including phenoxy) is 2. The molecule has 0 atom stereocenters. The summed E-state index contributed by atoms with van der Waals surface area (Å²) in [5.74, 6) is 1.10. The van der Waals surface area contributed by atoms with Gasteiger partial charge >= 0.3 is 0 Å². The second kappa shape index (κ2) is 6.79. The van der Waals surface area contributed by atoms with Gasteiger partial charge in [-0.25, -0.2) is 0 Å². The van der Waals surface area contributed by atoms with E-state index in [0.29, 0.717) is 31.7 Å². The Labute approximate surface area is 174 Å². The van der Waals surface area contributed by atoms with Crippen LogP contribution in [0.25, 0.3) is 11.3 Å². The van der Waals surface area contributed by atoms with E-state index in [1.807, 2.05) is 42.2 Å². The third-order valence-electron chi connectivity index (χ3n) is 6.17. The fraction of sp³-hybridized carbons (Fsp3) is 0.304. The molecule has 1 N–H and O–H groups in total. The zero-order valence-corrected chi connectivity index (χ0v) is 17.0. The first kappa shape index (κ1) is 18.5. The number of para-hydroxylation sites is 1. The molecule has 30 heavy (non-hydrogen) atoms. The van der Waals surface area contributed by atoms with Crippen LogP contribution in [0.3, 0.4) is 0 Å². The van der Waals surface area contributed by atoms with Gasteiger partial charge in [0.2, 0.25) is 0 Å². The Balaban J connectivity index is 1.41. The van der Waals surface area contributed by atoms with Crippen LogP contribution < -0.4 is 9.47 Å². The molecule has 154 valence electrons. The molecule has 0 aliphatic carbocycles. The van der Waals surface area contributed by atoms with Crippen LogP contribution in [0.2, 0.25) is 0 Å². The van der Waals surface area contributed by atoms with Gasteiger partial charge in [0.25, 0.3) is 5.91 Å². The largest absolute Gasteiger partial charge is 0.507 e. The van der Waals surface area contributed by atoms with E-state index in [2.05, 4.69) is 5.10 Å². The van der Waals surface area contributed by atoms with Crippen molar-refractivity contribution in [3.05, 3.63) is 59.8 Å². The van der Waals surface area contributed by atoms with Crippen LogP contribution in [0.4, 0.5) is 0 Å². The summed E-state index contributed by atoms with van der Waals surface area (Å²) in [6, 6.07) is 12.8. The Morgan fingerprint density at radius 1 is 1.20 bits per heavy atom. The second-order valence-electron chi connectivity index (χ2n) is 7.80. The van der Waals surface area contributed by atoms with E-state index in [9.17, 15) is 9.90 Å². The quantitative estimate of drug-likeness (QED) is 0.708. The molecule has 1 aromatic heterocycles. The Hall–Kier alpha value is -3.48. The average Bonchev–Trinajstić information content (AvgIpc) is 3.17. The lowest BCUT2D eigenvalue weighted by Gasteiger charge is -2.44. The molecular weight excluding hydrogens is 382 g/mol. The molecule has 3 heterocycles. The van der Waals surface area contributed by atoms with E-state index in [1.165, 1.54) is 13.2 Å². The van der Waals surface area contributed by atoms with Gasteiger partial charge < -0.3 is 19.5 Å². The highest BCUT2D eigenvalue weighted by molar-refractivity contribution is 5.97. The smallest absolute Gasteiger partial charge is 0.257 e. The number of aromatic hydroxyl groups is 1. The Morgan fingerprint density at radius 2 is 1.97 bits per heavy atom. The van der Waals surface area contributed by atoms with Crippen molar-refractivity contribution in [2.75, 3.05) is 20.2 Å². The average molecular weight is 405 g/mol. The van der Waals surface area contributed by atoms with E-state index in [-0.39, 0.29) is 17.2 Å². The number of rotatable bonds is 2. The van der Waals surface area contributed by atoms with Gasteiger partial charge in [0.1, 0.15) is 22.8 Å². The predicted molar refractivity (Wildman–Crippen MR) is 111 cm³/mol. The van der Waals surface area contributed by atoms with Gasteiger partial charge in [0.15, 0.2) is 0 Å². The molecule has 7 nitrogen and oxygen atoms in total. The number of hydrogen-bond donors (Lipinski definition) is 1. The van der Waals surface area contributed by atoms with Crippen LogP contribution >= 0.6 is 0 Å². The van der Waals surface area contributed by atoms with Crippen molar-refractivity contribution in [3.63, 3.8) is 0 Å². The van der Waals surface area contributed by atoms with Crippen molar-refractivity contribution >= 4 is 5.91 Å². The molecule has 2 aromatic carbocycles. The summed E-state index contributed by atoms with van der Waals surface area (Å²) in [7, 11) is 3.47. The second-order valence-corrected chi connectivity index (χ2v) is 7.80. The molecule has 0 saturated carbocycles. The lowest BCUT2D eigenvalue weighted by atomic mass is 9.81. The van der Waals surface area contributed by atoms with E-state index in [4.69, 9.17) is 9.47 Å². The molecular formula is C23H23N3O4. The van der Waals surface area contributed by atoms with Gasteiger partial charge in [0, 0.05) is 50.2 Å². The van der Waals surface area contributed by atoms with Crippen LogP contribution in [0, 0.1) is 0 Å². The SMILES string of the molecule is COc1ccc(C(=O)N2CCC3(CC2)Oc2ccccc2-c2c3cnn2C)c(O)c1. The number of benzene rings is 2. The predicted octanol–water partition coefficient (Wildman–Crippen LogP) is 3.33. The number of methoxy groups -OCH3 is 1. The van der Waals surface area contributed by atoms with Crippen molar-refractivity contribution in [1.29, 1.82) is 0 Å². The minimum atomic E-state index is -0.503. The maximum Gasteiger partial charge on any atom is 0.257 e. The zero-order valence-electron chi connectivity index (χ0n) is 17.0.